The lowest BCUT2D eigenvalue weighted by Gasteiger charge is -2.23. The fraction of sp³-hybridized carbons (Fsp3) is 0.727. The van der Waals surface area contributed by atoms with Gasteiger partial charge in [0.05, 0.1) is 6.54 Å². The first-order chi connectivity index (χ1) is 15.6. The van der Waals surface area contributed by atoms with Crippen LogP contribution in [0.1, 0.15) is 59.8 Å². The Kier molecular flexibility index (Phi) is 8.51. The van der Waals surface area contributed by atoms with E-state index in [1.807, 2.05) is 0 Å². The van der Waals surface area contributed by atoms with E-state index >= 15 is 0 Å². The number of rotatable bonds is 6. The Labute approximate surface area is 196 Å². The molecule has 1 aromatic rings. The predicted octanol–water partition coefficient (Wildman–Crippen LogP) is 2.85. The second-order valence-corrected chi connectivity index (χ2v) is 9.91. The highest BCUT2D eigenvalue weighted by molar-refractivity contribution is 5.61. The van der Waals surface area contributed by atoms with Gasteiger partial charge < -0.3 is 23.7 Å². The Bertz CT molecular complexity index is 1000. The van der Waals surface area contributed by atoms with Crippen LogP contribution in [0.5, 0.6) is 0 Å². The van der Waals surface area contributed by atoms with E-state index in [0.717, 1.165) is 9.13 Å². The number of ether oxygens (including phenoxy) is 5. The largest absolute Gasteiger partial charge is 0.509 e. The van der Waals surface area contributed by atoms with Crippen molar-refractivity contribution in [1.29, 1.82) is 0 Å². The highest BCUT2D eigenvalue weighted by atomic mass is 18.2. The number of carbonyl (C=O) groups is 2. The van der Waals surface area contributed by atoms with Gasteiger partial charge in [-0.2, -0.15) is 0 Å². The van der Waals surface area contributed by atoms with Crippen molar-refractivity contribution in [2.45, 2.75) is 91.1 Å². The fourth-order valence-corrected chi connectivity index (χ4v) is 3.22. The zero-order valence-electron chi connectivity index (χ0n) is 20.6. The zero-order valence-corrected chi connectivity index (χ0v) is 20.6. The molecule has 1 fully saturated rings. The highest BCUT2D eigenvalue weighted by Gasteiger charge is 2.41. The first kappa shape index (κ1) is 27.4. The first-order valence-electron chi connectivity index (χ1n) is 10.9. The van der Waals surface area contributed by atoms with E-state index < -0.39 is 66.4 Å². The lowest BCUT2D eigenvalue weighted by atomic mass is 10.2. The summed E-state index contributed by atoms with van der Waals surface area (Å²) in [5.74, 6) is 0. The molecule has 0 N–H and O–H groups in total. The Balaban J connectivity index is 2.28. The normalized spacial score (nSPS) is 20.6. The molecule has 0 spiro atoms. The van der Waals surface area contributed by atoms with Crippen LogP contribution in [0.15, 0.2) is 15.8 Å². The number of aromatic nitrogens is 2. The van der Waals surface area contributed by atoms with Crippen LogP contribution in [0.4, 0.5) is 14.0 Å². The fourth-order valence-electron chi connectivity index (χ4n) is 3.22. The van der Waals surface area contributed by atoms with Crippen molar-refractivity contribution < 1.29 is 37.7 Å². The quantitative estimate of drug-likeness (QED) is 0.557. The molecule has 0 radical (unpaired) electrons. The van der Waals surface area contributed by atoms with Crippen LogP contribution in [0, 0.1) is 6.92 Å². The van der Waals surface area contributed by atoms with Crippen LogP contribution < -0.4 is 11.2 Å². The standard InChI is InChI=1S/C22H33FN2O9/c1-13-11-25(18(27)24(9-8-23)17(13)26)16-10-14(32-20(29)34-22(5,6)7)15(31-16)12-30-19(28)33-21(2,3)4/h11,14-16H,8-10,12H2,1-7H3/t14-,15+,16+/m0/s1/i23-1. The molecule has 0 aliphatic carbocycles. The van der Waals surface area contributed by atoms with Gasteiger partial charge in [0.15, 0.2) is 0 Å². The number of hydrogen-bond donors (Lipinski definition) is 0. The monoisotopic (exact) mass is 487 g/mol. The number of alkyl halides is 1. The molecule has 0 saturated carbocycles. The SMILES string of the molecule is Cc1cn([C@H]2C[C@H](OC(=O)OC(C)(C)C)[C@@H](COC(=O)OC(C)(C)C)O2)c(=O)n(CC[18F])c1=O. The summed E-state index contributed by atoms with van der Waals surface area (Å²) < 4.78 is 41.5. The van der Waals surface area contributed by atoms with Crippen LogP contribution >= 0.6 is 0 Å². The minimum atomic E-state index is -0.975. The van der Waals surface area contributed by atoms with Crippen LogP contribution in [-0.2, 0) is 30.2 Å². The van der Waals surface area contributed by atoms with Crippen LogP contribution in [-0.4, -0.2) is 58.1 Å². The molecule has 1 aliphatic rings. The molecule has 0 unspecified atom stereocenters. The molecule has 34 heavy (non-hydrogen) atoms. The maximum absolute atomic E-state index is 12.9. The van der Waals surface area contributed by atoms with Gasteiger partial charge in [-0.05, 0) is 48.5 Å². The van der Waals surface area contributed by atoms with Gasteiger partial charge in [0, 0.05) is 18.2 Å². The summed E-state index contributed by atoms with van der Waals surface area (Å²) in [4.78, 5) is 49.3. The van der Waals surface area contributed by atoms with Crippen molar-refractivity contribution in [3.8, 4) is 0 Å². The lowest BCUT2D eigenvalue weighted by molar-refractivity contribution is -0.0824. The summed E-state index contributed by atoms with van der Waals surface area (Å²) in [5, 5.41) is 0. The minimum absolute atomic E-state index is 0.00519. The lowest BCUT2D eigenvalue weighted by Crippen LogP contribution is -2.42. The number of hydrogen-bond acceptors (Lipinski definition) is 9. The Morgan fingerprint density at radius 1 is 1.09 bits per heavy atom. The van der Waals surface area contributed by atoms with Gasteiger partial charge in [-0.15, -0.1) is 0 Å². The van der Waals surface area contributed by atoms with Crippen molar-refractivity contribution in [3.05, 3.63) is 32.6 Å². The molecule has 0 amide bonds. The Hall–Kier alpha value is -2.89. The molecule has 2 heterocycles. The van der Waals surface area contributed by atoms with Gasteiger partial charge in [-0.25, -0.2) is 18.8 Å². The van der Waals surface area contributed by atoms with Crippen molar-refractivity contribution >= 4 is 12.3 Å². The second-order valence-electron chi connectivity index (χ2n) is 9.91. The van der Waals surface area contributed by atoms with Gasteiger partial charge in [0.2, 0.25) is 0 Å². The van der Waals surface area contributed by atoms with E-state index in [4.69, 9.17) is 23.7 Å². The number of halogens is 1. The van der Waals surface area contributed by atoms with Crippen LogP contribution in [0.2, 0.25) is 0 Å². The molecule has 1 saturated heterocycles. The van der Waals surface area contributed by atoms with Gasteiger partial charge >= 0.3 is 18.0 Å². The second kappa shape index (κ2) is 10.6. The molecule has 2 rings (SSSR count). The molecule has 0 aromatic carbocycles. The number of aryl methyl sites for hydroxylation is 1. The Morgan fingerprint density at radius 3 is 2.24 bits per heavy atom. The maximum atomic E-state index is 12.9. The average Bonchev–Trinajstić information content (AvgIpc) is 3.05. The average molecular weight is 488 g/mol. The number of nitrogens with zero attached hydrogens (tertiary/aromatic N) is 2. The molecule has 0 bridgehead atoms. The van der Waals surface area contributed by atoms with Crippen molar-refractivity contribution in [3.63, 3.8) is 0 Å². The van der Waals surface area contributed by atoms with Crippen molar-refractivity contribution in [2.75, 3.05) is 13.3 Å². The van der Waals surface area contributed by atoms with E-state index in [2.05, 4.69) is 0 Å². The molecule has 12 heteroatoms. The maximum Gasteiger partial charge on any atom is 0.509 e. The third kappa shape index (κ3) is 7.57. The summed E-state index contributed by atoms with van der Waals surface area (Å²) in [7, 11) is 0. The smallest absolute Gasteiger partial charge is 0.431 e. The summed E-state index contributed by atoms with van der Waals surface area (Å²) in [5.41, 5.74) is -2.77. The van der Waals surface area contributed by atoms with E-state index in [-0.39, 0.29) is 18.6 Å². The molecule has 192 valence electrons. The molecule has 3 atom stereocenters. The van der Waals surface area contributed by atoms with Gasteiger partial charge in [-0.1, -0.05) is 0 Å². The van der Waals surface area contributed by atoms with Gasteiger partial charge in [0.25, 0.3) is 5.56 Å². The van der Waals surface area contributed by atoms with E-state index in [0.29, 0.717) is 0 Å². The van der Waals surface area contributed by atoms with Crippen molar-refractivity contribution in [2.24, 2.45) is 0 Å². The molecule has 11 nitrogen and oxygen atoms in total. The van der Waals surface area contributed by atoms with E-state index in [1.165, 1.54) is 13.1 Å². The van der Waals surface area contributed by atoms with E-state index in [1.54, 1.807) is 41.5 Å². The molecule has 1 aliphatic heterocycles. The van der Waals surface area contributed by atoms with Crippen LogP contribution in [0.25, 0.3) is 0 Å². The number of carbonyl (C=O) groups excluding carboxylic acids is 2. The first-order valence-corrected chi connectivity index (χ1v) is 10.9. The van der Waals surface area contributed by atoms with Crippen molar-refractivity contribution in [1.82, 2.24) is 9.13 Å². The summed E-state index contributed by atoms with van der Waals surface area (Å²) >= 11 is 0. The third-order valence-electron chi connectivity index (χ3n) is 4.56. The highest BCUT2D eigenvalue weighted by Crippen LogP contribution is 2.31. The third-order valence-corrected chi connectivity index (χ3v) is 4.56. The Morgan fingerprint density at radius 2 is 1.68 bits per heavy atom. The predicted molar refractivity (Wildman–Crippen MR) is 117 cm³/mol. The molecule has 1 aromatic heterocycles. The topological polar surface area (TPSA) is 124 Å². The minimum Gasteiger partial charge on any atom is -0.431 e. The van der Waals surface area contributed by atoms with Crippen LogP contribution in [0.3, 0.4) is 0 Å². The zero-order chi connectivity index (χ0) is 25.8. The summed E-state index contributed by atoms with van der Waals surface area (Å²) in [6, 6.07) is 0. The summed E-state index contributed by atoms with van der Waals surface area (Å²) in [6.45, 7) is 9.86. The summed E-state index contributed by atoms with van der Waals surface area (Å²) in [6.07, 6.45) is -3.50. The van der Waals surface area contributed by atoms with E-state index in [9.17, 15) is 23.6 Å². The molecular weight excluding hydrogens is 454 g/mol. The van der Waals surface area contributed by atoms with Gasteiger partial charge in [-0.3, -0.25) is 13.9 Å². The molecular formula is C22H33FN2O9. The van der Waals surface area contributed by atoms with Gasteiger partial charge in [0.1, 0.15) is 42.9 Å².